The van der Waals surface area contributed by atoms with E-state index in [-0.39, 0.29) is 18.6 Å². The van der Waals surface area contributed by atoms with E-state index in [0.29, 0.717) is 0 Å². The van der Waals surface area contributed by atoms with Gasteiger partial charge in [0.15, 0.2) is 0 Å². The van der Waals surface area contributed by atoms with Gasteiger partial charge in [0.2, 0.25) is 5.91 Å². The van der Waals surface area contributed by atoms with Crippen LogP contribution in [0.4, 0.5) is 0 Å². The number of hydrogen-bond acceptors (Lipinski definition) is 4. The maximum absolute atomic E-state index is 11.5. The van der Waals surface area contributed by atoms with E-state index in [1.54, 1.807) is 12.4 Å². The van der Waals surface area contributed by atoms with Crippen molar-refractivity contribution >= 4 is 5.91 Å². The highest BCUT2D eigenvalue weighted by Gasteiger charge is 2.09. The van der Waals surface area contributed by atoms with E-state index in [4.69, 9.17) is 4.74 Å². The second-order valence-corrected chi connectivity index (χ2v) is 4.47. The molecule has 1 aromatic carbocycles. The number of nitrogens with zero attached hydrogens (tertiary/aromatic N) is 2. The van der Waals surface area contributed by atoms with Crippen LogP contribution < -0.4 is 5.32 Å². The van der Waals surface area contributed by atoms with Crippen LogP contribution in [0.3, 0.4) is 0 Å². The van der Waals surface area contributed by atoms with Gasteiger partial charge in [-0.1, -0.05) is 24.3 Å². The standard InChI is InChI=1S/C15H17N3O2/c1-11(18-15(19)9-20-2)12-3-5-13(6-4-12)14-7-16-10-17-8-14/h3-8,10-11H,9H2,1-2H3,(H,18,19)/t11-/m1/s1. The van der Waals surface area contributed by atoms with Crippen molar-refractivity contribution in [2.75, 3.05) is 13.7 Å². The Labute approximate surface area is 118 Å². The molecule has 0 aliphatic rings. The third kappa shape index (κ3) is 3.61. The first-order chi connectivity index (χ1) is 9.70. The van der Waals surface area contributed by atoms with Crippen LogP contribution in [0, 0.1) is 0 Å². The number of ether oxygens (including phenoxy) is 1. The summed E-state index contributed by atoms with van der Waals surface area (Å²) in [4.78, 5) is 19.5. The first-order valence-electron chi connectivity index (χ1n) is 6.34. The molecule has 1 amide bonds. The largest absolute Gasteiger partial charge is 0.375 e. The Morgan fingerprint density at radius 1 is 1.20 bits per heavy atom. The van der Waals surface area contributed by atoms with Crippen molar-refractivity contribution < 1.29 is 9.53 Å². The number of amides is 1. The molecule has 0 saturated carbocycles. The van der Waals surface area contributed by atoms with Gasteiger partial charge in [0, 0.05) is 25.1 Å². The van der Waals surface area contributed by atoms with Gasteiger partial charge in [-0.15, -0.1) is 0 Å². The number of carbonyl (C=O) groups excluding carboxylic acids is 1. The molecule has 0 bridgehead atoms. The number of rotatable bonds is 5. The number of hydrogen-bond donors (Lipinski definition) is 1. The SMILES string of the molecule is COCC(=O)N[C@H](C)c1ccc(-c2cncnc2)cc1. The Morgan fingerprint density at radius 3 is 2.45 bits per heavy atom. The molecule has 1 heterocycles. The first-order valence-corrected chi connectivity index (χ1v) is 6.34. The third-order valence-corrected chi connectivity index (χ3v) is 2.96. The highest BCUT2D eigenvalue weighted by molar-refractivity contribution is 5.77. The average molecular weight is 271 g/mol. The fourth-order valence-electron chi connectivity index (χ4n) is 1.91. The van der Waals surface area contributed by atoms with Gasteiger partial charge in [0.05, 0.1) is 6.04 Å². The van der Waals surface area contributed by atoms with Crippen molar-refractivity contribution in [3.63, 3.8) is 0 Å². The smallest absolute Gasteiger partial charge is 0.246 e. The molecule has 5 nitrogen and oxygen atoms in total. The fraction of sp³-hybridized carbons (Fsp3) is 0.267. The van der Waals surface area contributed by atoms with Crippen molar-refractivity contribution in [3.05, 3.63) is 48.5 Å². The predicted octanol–water partition coefficient (Wildman–Crippen LogP) is 1.97. The van der Waals surface area contributed by atoms with Crippen LogP contribution in [0.2, 0.25) is 0 Å². The number of carbonyl (C=O) groups is 1. The van der Waals surface area contributed by atoms with Crippen molar-refractivity contribution in [2.24, 2.45) is 0 Å². The van der Waals surface area contributed by atoms with Crippen molar-refractivity contribution in [1.82, 2.24) is 15.3 Å². The normalized spacial score (nSPS) is 11.9. The highest BCUT2D eigenvalue weighted by atomic mass is 16.5. The van der Waals surface area contributed by atoms with E-state index in [1.807, 2.05) is 31.2 Å². The van der Waals surface area contributed by atoms with Crippen LogP contribution in [0.25, 0.3) is 11.1 Å². The summed E-state index contributed by atoms with van der Waals surface area (Å²) in [5.41, 5.74) is 3.05. The fourth-order valence-corrected chi connectivity index (χ4v) is 1.91. The number of methoxy groups -OCH3 is 1. The minimum atomic E-state index is -0.125. The van der Waals surface area contributed by atoms with Gasteiger partial charge in [0.1, 0.15) is 12.9 Å². The second-order valence-electron chi connectivity index (χ2n) is 4.47. The molecule has 1 N–H and O–H groups in total. The Kier molecular flexibility index (Phi) is 4.79. The Morgan fingerprint density at radius 2 is 1.85 bits per heavy atom. The lowest BCUT2D eigenvalue weighted by Crippen LogP contribution is -2.29. The van der Waals surface area contributed by atoms with Gasteiger partial charge in [-0.25, -0.2) is 9.97 Å². The quantitative estimate of drug-likeness (QED) is 0.903. The molecular formula is C15H17N3O2. The molecule has 1 aromatic heterocycles. The molecule has 0 saturated heterocycles. The van der Waals surface area contributed by atoms with E-state index in [0.717, 1.165) is 16.7 Å². The molecule has 104 valence electrons. The third-order valence-electron chi connectivity index (χ3n) is 2.96. The lowest BCUT2D eigenvalue weighted by atomic mass is 10.0. The Bertz CT molecular complexity index is 555. The Hall–Kier alpha value is -2.27. The zero-order valence-corrected chi connectivity index (χ0v) is 11.5. The molecule has 5 heteroatoms. The molecule has 0 unspecified atom stereocenters. The van der Waals surface area contributed by atoms with Crippen molar-refractivity contribution in [2.45, 2.75) is 13.0 Å². The molecule has 0 radical (unpaired) electrons. The molecule has 0 fully saturated rings. The molecule has 0 aliphatic heterocycles. The lowest BCUT2D eigenvalue weighted by Gasteiger charge is -2.14. The number of nitrogens with one attached hydrogen (secondary N) is 1. The van der Waals surface area contributed by atoms with E-state index < -0.39 is 0 Å². The molecule has 0 aliphatic carbocycles. The van der Waals surface area contributed by atoms with Crippen molar-refractivity contribution in [3.8, 4) is 11.1 Å². The molecule has 2 aromatic rings. The van der Waals surface area contributed by atoms with Crippen LogP contribution in [0.5, 0.6) is 0 Å². The van der Waals surface area contributed by atoms with E-state index >= 15 is 0 Å². The minimum absolute atomic E-state index is 0.0567. The van der Waals surface area contributed by atoms with Gasteiger partial charge in [0.25, 0.3) is 0 Å². The van der Waals surface area contributed by atoms with Crippen molar-refractivity contribution in [1.29, 1.82) is 0 Å². The minimum Gasteiger partial charge on any atom is -0.375 e. The summed E-state index contributed by atoms with van der Waals surface area (Å²) in [6, 6.07) is 7.90. The first kappa shape index (κ1) is 14.1. The van der Waals surface area contributed by atoms with E-state index in [2.05, 4.69) is 15.3 Å². The molecular weight excluding hydrogens is 254 g/mol. The summed E-state index contributed by atoms with van der Waals surface area (Å²) in [5.74, 6) is -0.125. The maximum atomic E-state index is 11.5. The zero-order chi connectivity index (χ0) is 14.4. The average Bonchev–Trinajstić information content (AvgIpc) is 2.48. The van der Waals surface area contributed by atoms with Crippen LogP contribution in [-0.2, 0) is 9.53 Å². The van der Waals surface area contributed by atoms with Gasteiger partial charge in [-0.05, 0) is 18.1 Å². The topological polar surface area (TPSA) is 64.1 Å². The maximum Gasteiger partial charge on any atom is 0.246 e. The van der Waals surface area contributed by atoms with Crippen LogP contribution >= 0.6 is 0 Å². The summed E-state index contributed by atoms with van der Waals surface area (Å²) in [7, 11) is 1.50. The summed E-state index contributed by atoms with van der Waals surface area (Å²) in [6.45, 7) is 2.01. The Balaban J connectivity index is 2.06. The van der Waals surface area contributed by atoms with E-state index in [1.165, 1.54) is 13.4 Å². The molecule has 0 spiro atoms. The highest BCUT2D eigenvalue weighted by Crippen LogP contribution is 2.20. The second kappa shape index (κ2) is 6.77. The monoisotopic (exact) mass is 271 g/mol. The number of aromatic nitrogens is 2. The van der Waals surface area contributed by atoms with Gasteiger partial charge in [-0.3, -0.25) is 4.79 Å². The molecule has 20 heavy (non-hydrogen) atoms. The molecule has 2 rings (SSSR count). The van der Waals surface area contributed by atoms with Crippen LogP contribution in [0.15, 0.2) is 43.0 Å². The summed E-state index contributed by atoms with van der Waals surface area (Å²) < 4.78 is 4.79. The van der Waals surface area contributed by atoms with Crippen LogP contribution in [0.1, 0.15) is 18.5 Å². The summed E-state index contributed by atoms with van der Waals surface area (Å²) in [6.07, 6.45) is 5.04. The summed E-state index contributed by atoms with van der Waals surface area (Å²) >= 11 is 0. The lowest BCUT2D eigenvalue weighted by molar-refractivity contribution is -0.125. The zero-order valence-electron chi connectivity index (χ0n) is 11.5. The van der Waals surface area contributed by atoms with Gasteiger partial charge >= 0.3 is 0 Å². The van der Waals surface area contributed by atoms with Crippen LogP contribution in [-0.4, -0.2) is 29.6 Å². The predicted molar refractivity (Wildman–Crippen MR) is 75.9 cm³/mol. The van der Waals surface area contributed by atoms with E-state index in [9.17, 15) is 4.79 Å². The number of benzene rings is 1. The molecule has 1 atom stereocenters. The summed E-state index contributed by atoms with van der Waals surface area (Å²) in [5, 5.41) is 2.87. The van der Waals surface area contributed by atoms with Gasteiger partial charge < -0.3 is 10.1 Å². The van der Waals surface area contributed by atoms with Gasteiger partial charge in [-0.2, -0.15) is 0 Å².